The van der Waals surface area contributed by atoms with E-state index in [1.807, 2.05) is 36.4 Å². The number of hydrogen-bond donors (Lipinski definition) is 0. The predicted octanol–water partition coefficient (Wildman–Crippen LogP) is 12.8. The zero-order valence-corrected chi connectivity index (χ0v) is 29.6. The number of hydrogen-bond acceptors (Lipinski definition) is 3. The number of benzene rings is 7. The van der Waals surface area contributed by atoms with Crippen LogP contribution >= 0.6 is 0 Å². The molecular formula is C50H35N3. The second-order valence-corrected chi connectivity index (χ2v) is 14.5. The monoisotopic (exact) mass is 677 g/mol. The molecule has 3 nitrogen and oxygen atoms in total. The zero-order chi connectivity index (χ0) is 35.5. The minimum atomic E-state index is -0.116. The second kappa shape index (κ2) is 12.2. The Morgan fingerprint density at radius 2 is 0.943 bits per heavy atom. The van der Waals surface area contributed by atoms with E-state index in [0.717, 1.165) is 61.4 Å². The molecule has 0 saturated carbocycles. The van der Waals surface area contributed by atoms with Gasteiger partial charge in [-0.1, -0.05) is 159 Å². The molecule has 2 heterocycles. The summed E-state index contributed by atoms with van der Waals surface area (Å²) in [4.78, 5) is 15.5. The van der Waals surface area contributed by atoms with Crippen LogP contribution in [0.15, 0.2) is 176 Å². The maximum atomic E-state index is 5.37. The molecule has 1 aliphatic rings. The topological polar surface area (TPSA) is 38.7 Å². The summed E-state index contributed by atoms with van der Waals surface area (Å²) >= 11 is 0. The highest BCUT2D eigenvalue weighted by Crippen LogP contribution is 2.50. The molecule has 3 heteroatoms. The summed E-state index contributed by atoms with van der Waals surface area (Å²) < 4.78 is 0. The number of nitrogens with zero attached hydrogens (tertiary/aromatic N) is 3. The summed E-state index contributed by atoms with van der Waals surface area (Å²) in [5, 5.41) is 3.57. The van der Waals surface area contributed by atoms with Crippen LogP contribution < -0.4 is 0 Å². The fourth-order valence-corrected chi connectivity index (χ4v) is 8.05. The molecule has 0 N–H and O–H groups in total. The largest absolute Gasteiger partial charge is 0.248 e. The predicted molar refractivity (Wildman–Crippen MR) is 220 cm³/mol. The number of aromatic nitrogens is 3. The number of rotatable bonds is 5. The molecule has 0 unspecified atom stereocenters. The van der Waals surface area contributed by atoms with Crippen LogP contribution in [0.25, 0.3) is 89.1 Å². The van der Waals surface area contributed by atoms with Gasteiger partial charge in [0.15, 0.2) is 5.82 Å². The van der Waals surface area contributed by atoms with Crippen molar-refractivity contribution in [3.05, 3.63) is 187 Å². The Morgan fingerprint density at radius 3 is 1.66 bits per heavy atom. The third kappa shape index (κ3) is 5.32. The highest BCUT2D eigenvalue weighted by atomic mass is 14.9. The molecule has 9 aromatic rings. The highest BCUT2D eigenvalue weighted by molar-refractivity contribution is 6.02. The molecule has 0 amide bonds. The van der Waals surface area contributed by atoms with Gasteiger partial charge >= 0.3 is 0 Å². The Balaban J connectivity index is 1.14. The van der Waals surface area contributed by atoms with Crippen molar-refractivity contribution < 1.29 is 0 Å². The van der Waals surface area contributed by atoms with Crippen LogP contribution in [0.4, 0.5) is 0 Å². The van der Waals surface area contributed by atoms with Crippen molar-refractivity contribution >= 4 is 21.7 Å². The SMILES string of the molecule is CC1(C)c2ccccc2-c2cc3c(-c4ccc(-c5nc(-c6ccccc6)cc(-c6ccccc6)n5)cc4)cc(-c4ccc5ccccc5c4)nc3cc21. The highest BCUT2D eigenvalue weighted by Gasteiger charge is 2.35. The fraction of sp³-hybridized carbons (Fsp3) is 0.0600. The van der Waals surface area contributed by atoms with E-state index in [4.69, 9.17) is 15.0 Å². The average Bonchev–Trinajstić information content (AvgIpc) is 3.45. The van der Waals surface area contributed by atoms with Gasteiger partial charge in [-0.15, -0.1) is 0 Å². The van der Waals surface area contributed by atoms with Gasteiger partial charge in [0.2, 0.25) is 0 Å². The van der Waals surface area contributed by atoms with Gasteiger partial charge in [-0.05, 0) is 74.5 Å². The summed E-state index contributed by atoms with van der Waals surface area (Å²) in [6.07, 6.45) is 0. The van der Waals surface area contributed by atoms with E-state index in [2.05, 4.69) is 153 Å². The first-order valence-corrected chi connectivity index (χ1v) is 18.2. The van der Waals surface area contributed by atoms with Gasteiger partial charge < -0.3 is 0 Å². The van der Waals surface area contributed by atoms with Crippen molar-refractivity contribution in [1.29, 1.82) is 0 Å². The lowest BCUT2D eigenvalue weighted by atomic mass is 9.82. The first-order valence-electron chi connectivity index (χ1n) is 18.2. The normalized spacial score (nSPS) is 12.9. The molecule has 7 aromatic carbocycles. The number of fused-ring (bicyclic) bond motifs is 5. The summed E-state index contributed by atoms with van der Waals surface area (Å²) in [5.74, 6) is 0.699. The van der Waals surface area contributed by atoms with Crippen molar-refractivity contribution in [1.82, 2.24) is 15.0 Å². The first kappa shape index (κ1) is 31.1. The molecule has 53 heavy (non-hydrogen) atoms. The minimum Gasteiger partial charge on any atom is -0.248 e. The van der Waals surface area contributed by atoms with Crippen LogP contribution in [0.5, 0.6) is 0 Å². The second-order valence-electron chi connectivity index (χ2n) is 14.5. The summed E-state index contributed by atoms with van der Waals surface area (Å²) in [7, 11) is 0. The van der Waals surface area contributed by atoms with Gasteiger partial charge in [0.1, 0.15) is 0 Å². The fourth-order valence-electron chi connectivity index (χ4n) is 8.05. The van der Waals surface area contributed by atoms with E-state index in [1.165, 1.54) is 33.0 Å². The molecule has 1 aliphatic carbocycles. The lowest BCUT2D eigenvalue weighted by Gasteiger charge is -2.22. The lowest BCUT2D eigenvalue weighted by molar-refractivity contribution is 0.661. The van der Waals surface area contributed by atoms with E-state index in [-0.39, 0.29) is 5.41 Å². The van der Waals surface area contributed by atoms with Crippen LogP contribution in [-0.2, 0) is 5.41 Å². The van der Waals surface area contributed by atoms with Crippen molar-refractivity contribution in [2.24, 2.45) is 0 Å². The molecule has 0 radical (unpaired) electrons. The molecule has 0 aliphatic heterocycles. The van der Waals surface area contributed by atoms with E-state index in [9.17, 15) is 0 Å². The van der Waals surface area contributed by atoms with Crippen molar-refractivity contribution in [2.45, 2.75) is 19.3 Å². The summed E-state index contributed by atoms with van der Waals surface area (Å²) in [5.41, 5.74) is 15.4. The van der Waals surface area contributed by atoms with Gasteiger partial charge in [-0.2, -0.15) is 0 Å². The van der Waals surface area contributed by atoms with Crippen LogP contribution in [0.1, 0.15) is 25.0 Å². The van der Waals surface area contributed by atoms with E-state index >= 15 is 0 Å². The summed E-state index contributed by atoms with van der Waals surface area (Å²) in [6.45, 7) is 4.66. The number of pyridine rings is 1. The molecule has 0 fully saturated rings. The van der Waals surface area contributed by atoms with Crippen LogP contribution in [0.3, 0.4) is 0 Å². The molecule has 2 aromatic heterocycles. The van der Waals surface area contributed by atoms with Gasteiger partial charge in [0.05, 0.1) is 22.6 Å². The van der Waals surface area contributed by atoms with E-state index in [0.29, 0.717) is 5.82 Å². The summed E-state index contributed by atoms with van der Waals surface area (Å²) in [6, 6.07) is 62.4. The van der Waals surface area contributed by atoms with E-state index < -0.39 is 0 Å². The average molecular weight is 678 g/mol. The maximum absolute atomic E-state index is 5.37. The Kier molecular flexibility index (Phi) is 7.16. The van der Waals surface area contributed by atoms with Crippen molar-refractivity contribution in [2.75, 3.05) is 0 Å². The third-order valence-corrected chi connectivity index (χ3v) is 10.9. The third-order valence-electron chi connectivity index (χ3n) is 10.9. The Bertz CT molecular complexity index is 2780. The Hall–Kier alpha value is -6.71. The molecular weight excluding hydrogens is 643 g/mol. The quantitative estimate of drug-likeness (QED) is 0.182. The zero-order valence-electron chi connectivity index (χ0n) is 29.6. The van der Waals surface area contributed by atoms with Gasteiger partial charge in [0, 0.05) is 33.1 Å². The van der Waals surface area contributed by atoms with Gasteiger partial charge in [-0.25, -0.2) is 15.0 Å². The van der Waals surface area contributed by atoms with Gasteiger partial charge in [0.25, 0.3) is 0 Å². The first-order chi connectivity index (χ1) is 26.0. The molecule has 0 bridgehead atoms. The molecule has 0 saturated heterocycles. The molecule has 250 valence electrons. The van der Waals surface area contributed by atoms with Gasteiger partial charge in [-0.3, -0.25) is 0 Å². The minimum absolute atomic E-state index is 0.116. The lowest BCUT2D eigenvalue weighted by Crippen LogP contribution is -2.14. The molecule has 0 spiro atoms. The Labute approximate surface area is 309 Å². The Morgan fingerprint density at radius 1 is 0.358 bits per heavy atom. The van der Waals surface area contributed by atoms with Crippen LogP contribution in [-0.4, -0.2) is 15.0 Å². The maximum Gasteiger partial charge on any atom is 0.160 e. The standard InChI is InChI=1S/C50H35N3/c1-50(2)43-20-12-11-19-39(43)41-28-42-40(29-45(51-48(42)30-44(41)50)38-26-21-32-13-9-10-18-37(32)27-38)33-22-24-36(25-23-33)49-52-46(34-14-5-3-6-15-34)31-47(53-49)35-16-7-4-8-17-35/h3-31H,1-2H3. The van der Waals surface area contributed by atoms with Crippen molar-refractivity contribution in [3.63, 3.8) is 0 Å². The smallest absolute Gasteiger partial charge is 0.160 e. The van der Waals surface area contributed by atoms with Crippen LogP contribution in [0, 0.1) is 0 Å². The van der Waals surface area contributed by atoms with Crippen LogP contribution in [0.2, 0.25) is 0 Å². The molecule has 10 rings (SSSR count). The molecule has 0 atom stereocenters. The van der Waals surface area contributed by atoms with E-state index in [1.54, 1.807) is 0 Å². The van der Waals surface area contributed by atoms with Crippen molar-refractivity contribution in [3.8, 4) is 67.4 Å².